The van der Waals surface area contributed by atoms with Crippen molar-refractivity contribution in [2.24, 2.45) is 0 Å². The van der Waals surface area contributed by atoms with Gasteiger partial charge in [-0.2, -0.15) is 0 Å². The van der Waals surface area contributed by atoms with Crippen molar-refractivity contribution in [3.05, 3.63) is 18.5 Å². The van der Waals surface area contributed by atoms with E-state index in [1.54, 1.807) is 0 Å². The van der Waals surface area contributed by atoms with Gasteiger partial charge >= 0.3 is 0 Å². The molecule has 2 N–H and O–H groups in total. The normalized spacial score (nSPS) is 11.4. The predicted octanol–water partition coefficient (Wildman–Crippen LogP) is 2.50. The summed E-state index contributed by atoms with van der Waals surface area (Å²) in [5, 5.41) is 13.2. The van der Waals surface area contributed by atoms with Gasteiger partial charge in [0.15, 0.2) is 0 Å². The quantitative estimate of drug-likeness (QED) is 0.781. The Bertz CT molecular complexity index is 360. The fraction of sp³-hybridized carbons (Fsp3) is 0.643. The molecule has 1 aromatic heterocycles. The van der Waals surface area contributed by atoms with Crippen molar-refractivity contribution in [1.82, 2.24) is 4.98 Å². The van der Waals surface area contributed by atoms with Crippen molar-refractivity contribution < 1.29 is 5.11 Å². The standard InChI is InChI=1S/C14H25N3O/c1-5-7-16-12-8-13(10-15-9-12)17(6-2)11-14(3,4)18/h8-10,16,18H,5-7,11H2,1-4H3. The van der Waals surface area contributed by atoms with E-state index in [-0.39, 0.29) is 0 Å². The van der Waals surface area contributed by atoms with E-state index >= 15 is 0 Å². The smallest absolute Gasteiger partial charge is 0.0765 e. The van der Waals surface area contributed by atoms with E-state index < -0.39 is 5.60 Å². The SMILES string of the molecule is CCCNc1cncc(N(CC)CC(C)(C)O)c1. The van der Waals surface area contributed by atoms with Crippen molar-refractivity contribution in [2.45, 2.75) is 39.7 Å². The van der Waals surface area contributed by atoms with Crippen molar-refractivity contribution in [3.8, 4) is 0 Å². The number of pyridine rings is 1. The maximum absolute atomic E-state index is 9.91. The summed E-state index contributed by atoms with van der Waals surface area (Å²) in [5.41, 5.74) is 1.37. The highest BCUT2D eigenvalue weighted by Crippen LogP contribution is 2.19. The third-order valence-electron chi connectivity index (χ3n) is 2.63. The van der Waals surface area contributed by atoms with E-state index in [4.69, 9.17) is 0 Å². The largest absolute Gasteiger partial charge is 0.389 e. The average molecular weight is 251 g/mol. The third-order valence-corrected chi connectivity index (χ3v) is 2.63. The van der Waals surface area contributed by atoms with Crippen LogP contribution in [0.15, 0.2) is 18.5 Å². The number of hydrogen-bond acceptors (Lipinski definition) is 4. The number of hydrogen-bond donors (Lipinski definition) is 2. The summed E-state index contributed by atoms with van der Waals surface area (Å²) in [5.74, 6) is 0. The Labute approximate surface area is 110 Å². The molecule has 4 nitrogen and oxygen atoms in total. The van der Waals surface area contributed by atoms with Gasteiger partial charge in [0.1, 0.15) is 0 Å². The Kier molecular flexibility index (Phi) is 5.41. The minimum Gasteiger partial charge on any atom is -0.389 e. The molecule has 0 aliphatic rings. The van der Waals surface area contributed by atoms with E-state index in [9.17, 15) is 5.11 Å². The molecule has 0 unspecified atom stereocenters. The van der Waals surface area contributed by atoms with Gasteiger partial charge in [-0.25, -0.2) is 0 Å². The van der Waals surface area contributed by atoms with Crippen molar-refractivity contribution in [3.63, 3.8) is 0 Å². The second kappa shape index (κ2) is 6.59. The van der Waals surface area contributed by atoms with E-state index in [2.05, 4.69) is 35.1 Å². The van der Waals surface area contributed by atoms with Crippen LogP contribution in [0.3, 0.4) is 0 Å². The van der Waals surface area contributed by atoms with E-state index in [1.165, 1.54) is 0 Å². The van der Waals surface area contributed by atoms with Gasteiger partial charge in [-0.05, 0) is 33.3 Å². The second-order valence-electron chi connectivity index (χ2n) is 5.19. The van der Waals surface area contributed by atoms with Gasteiger partial charge in [0.2, 0.25) is 0 Å². The van der Waals surface area contributed by atoms with Crippen molar-refractivity contribution >= 4 is 11.4 Å². The molecule has 1 rings (SSSR count). The van der Waals surface area contributed by atoms with Crippen molar-refractivity contribution in [2.75, 3.05) is 29.9 Å². The Hall–Kier alpha value is -1.29. The Morgan fingerprint density at radius 2 is 2.06 bits per heavy atom. The second-order valence-corrected chi connectivity index (χ2v) is 5.19. The maximum atomic E-state index is 9.91. The van der Waals surface area contributed by atoms with E-state index in [0.717, 1.165) is 30.9 Å². The summed E-state index contributed by atoms with van der Waals surface area (Å²) >= 11 is 0. The average Bonchev–Trinajstić information content (AvgIpc) is 2.32. The fourth-order valence-corrected chi connectivity index (χ4v) is 1.82. The summed E-state index contributed by atoms with van der Waals surface area (Å²) in [6.07, 6.45) is 4.76. The topological polar surface area (TPSA) is 48.4 Å². The van der Waals surface area contributed by atoms with Crippen LogP contribution in [0.1, 0.15) is 34.1 Å². The molecule has 1 aromatic rings. The first-order chi connectivity index (χ1) is 8.46. The van der Waals surface area contributed by atoms with Crippen LogP contribution < -0.4 is 10.2 Å². The molecular formula is C14H25N3O. The van der Waals surface area contributed by atoms with E-state index in [1.807, 2.05) is 26.2 Å². The van der Waals surface area contributed by atoms with Crippen LogP contribution in [0.25, 0.3) is 0 Å². The van der Waals surface area contributed by atoms with Crippen molar-refractivity contribution in [1.29, 1.82) is 0 Å². The highest BCUT2D eigenvalue weighted by atomic mass is 16.3. The summed E-state index contributed by atoms with van der Waals surface area (Å²) in [6, 6.07) is 2.08. The molecule has 0 atom stereocenters. The molecule has 0 aliphatic heterocycles. The monoisotopic (exact) mass is 251 g/mol. The molecule has 0 bridgehead atoms. The molecule has 0 saturated carbocycles. The van der Waals surface area contributed by atoms with Crippen LogP contribution in [-0.2, 0) is 0 Å². The number of aliphatic hydroxyl groups is 1. The highest BCUT2D eigenvalue weighted by molar-refractivity contribution is 5.55. The number of nitrogens with one attached hydrogen (secondary N) is 1. The zero-order valence-electron chi connectivity index (χ0n) is 11.9. The summed E-state index contributed by atoms with van der Waals surface area (Å²) in [4.78, 5) is 6.38. The van der Waals surface area contributed by atoms with Gasteiger partial charge < -0.3 is 15.3 Å². The third kappa shape index (κ3) is 4.92. The van der Waals surface area contributed by atoms with Gasteiger partial charge in [-0.1, -0.05) is 6.92 Å². The number of rotatable bonds is 7. The lowest BCUT2D eigenvalue weighted by atomic mass is 10.1. The van der Waals surface area contributed by atoms with Crippen LogP contribution >= 0.6 is 0 Å². The summed E-state index contributed by atoms with van der Waals surface area (Å²) < 4.78 is 0. The lowest BCUT2D eigenvalue weighted by molar-refractivity contribution is 0.0876. The van der Waals surface area contributed by atoms with Gasteiger partial charge in [0, 0.05) is 19.6 Å². The lowest BCUT2D eigenvalue weighted by Gasteiger charge is -2.29. The zero-order chi connectivity index (χ0) is 13.6. The Morgan fingerprint density at radius 3 is 2.61 bits per heavy atom. The summed E-state index contributed by atoms with van der Waals surface area (Å²) in [7, 11) is 0. The molecule has 4 heteroatoms. The molecule has 18 heavy (non-hydrogen) atoms. The molecule has 0 fully saturated rings. The van der Waals surface area contributed by atoms with Gasteiger partial charge in [0.05, 0.1) is 29.4 Å². The molecule has 0 aromatic carbocycles. The fourth-order valence-electron chi connectivity index (χ4n) is 1.82. The minimum atomic E-state index is -0.705. The van der Waals surface area contributed by atoms with Crippen LogP contribution in [0, 0.1) is 0 Å². The van der Waals surface area contributed by atoms with Gasteiger partial charge in [0.25, 0.3) is 0 Å². The highest BCUT2D eigenvalue weighted by Gasteiger charge is 2.17. The number of aromatic nitrogens is 1. The number of nitrogens with zero attached hydrogens (tertiary/aromatic N) is 2. The Balaban J connectivity index is 2.79. The first-order valence-electron chi connectivity index (χ1n) is 6.62. The molecule has 0 amide bonds. The van der Waals surface area contributed by atoms with E-state index in [0.29, 0.717) is 6.54 Å². The number of anilines is 2. The van der Waals surface area contributed by atoms with Crippen LogP contribution in [0.4, 0.5) is 11.4 Å². The molecule has 0 spiro atoms. The molecule has 1 heterocycles. The first kappa shape index (κ1) is 14.8. The molecule has 0 aliphatic carbocycles. The predicted molar refractivity (Wildman–Crippen MR) is 77.2 cm³/mol. The molecule has 0 radical (unpaired) electrons. The molecule has 102 valence electrons. The van der Waals surface area contributed by atoms with Gasteiger partial charge in [-0.3, -0.25) is 4.98 Å². The van der Waals surface area contributed by atoms with Crippen LogP contribution in [0.2, 0.25) is 0 Å². The molecule has 0 saturated heterocycles. The maximum Gasteiger partial charge on any atom is 0.0765 e. The zero-order valence-corrected chi connectivity index (χ0v) is 11.9. The van der Waals surface area contributed by atoms with Crippen LogP contribution in [-0.4, -0.2) is 35.3 Å². The first-order valence-corrected chi connectivity index (χ1v) is 6.62. The number of likely N-dealkylation sites (N-methyl/N-ethyl adjacent to an activating group) is 1. The van der Waals surface area contributed by atoms with Crippen LogP contribution in [0.5, 0.6) is 0 Å². The lowest BCUT2D eigenvalue weighted by Crippen LogP contribution is -2.38. The minimum absolute atomic E-state index is 0.600. The molecular weight excluding hydrogens is 226 g/mol. The van der Waals surface area contributed by atoms with Gasteiger partial charge in [-0.15, -0.1) is 0 Å². The summed E-state index contributed by atoms with van der Waals surface area (Å²) in [6.45, 7) is 10.3. The Morgan fingerprint density at radius 1 is 1.33 bits per heavy atom.